The molecule has 0 N–H and O–H groups in total. The third-order valence-corrected chi connectivity index (χ3v) is 5.66. The number of amides is 1. The highest BCUT2D eigenvalue weighted by Crippen LogP contribution is 2.20. The molecule has 0 saturated carbocycles. The summed E-state index contributed by atoms with van der Waals surface area (Å²) in [5.41, 5.74) is 0.619. The predicted molar refractivity (Wildman–Crippen MR) is 105 cm³/mol. The highest BCUT2D eigenvalue weighted by molar-refractivity contribution is 5.97. The summed E-state index contributed by atoms with van der Waals surface area (Å²) in [6.07, 6.45) is 3.06. The molecule has 2 aromatic rings. The number of fused-ring (bicyclic) bond motifs is 1. The van der Waals surface area contributed by atoms with E-state index in [-0.39, 0.29) is 11.6 Å². The first-order valence-electron chi connectivity index (χ1n) is 9.98. The lowest BCUT2D eigenvalue weighted by Gasteiger charge is -2.34. The normalized spacial score (nSPS) is 17.4. The molecule has 1 aromatic heterocycles. The summed E-state index contributed by atoms with van der Waals surface area (Å²) in [6, 6.07) is 7.34. The first-order chi connectivity index (χ1) is 13.7. The van der Waals surface area contributed by atoms with E-state index >= 15 is 0 Å². The van der Waals surface area contributed by atoms with Gasteiger partial charge in [-0.25, -0.2) is 9.48 Å². The Morgan fingerprint density at radius 2 is 1.86 bits per heavy atom. The quantitative estimate of drug-likeness (QED) is 0.763. The number of methoxy groups -OCH3 is 1. The second-order valence-electron chi connectivity index (χ2n) is 7.36. The molecular weight excluding hydrogens is 358 g/mol. The van der Waals surface area contributed by atoms with Crippen molar-refractivity contribution < 1.29 is 9.53 Å². The minimum atomic E-state index is 0.00935. The van der Waals surface area contributed by atoms with Crippen molar-refractivity contribution in [3.63, 3.8) is 0 Å². The van der Waals surface area contributed by atoms with E-state index in [1.807, 2.05) is 27.7 Å². The minimum Gasteiger partial charge on any atom is -0.496 e. The van der Waals surface area contributed by atoms with Gasteiger partial charge >= 0.3 is 5.69 Å². The molecule has 0 aliphatic carbocycles. The van der Waals surface area contributed by atoms with Gasteiger partial charge in [-0.05, 0) is 25.0 Å². The van der Waals surface area contributed by atoms with Gasteiger partial charge in [0.1, 0.15) is 11.6 Å². The fourth-order valence-electron chi connectivity index (χ4n) is 4.00. The smallest absolute Gasteiger partial charge is 0.345 e. The standard InChI is InChI=1S/C20H27N5O3/c1-28-17-7-3-2-6-16(17)19(26)23-13-10-22(11-14-23)12-15-25-20(27)24-9-5-4-8-18(24)21-25/h2-3,6-7H,4-5,8-15H2,1H3. The number of aryl methyl sites for hydroxylation is 1. The van der Waals surface area contributed by atoms with E-state index in [2.05, 4.69) is 10.00 Å². The molecule has 1 fully saturated rings. The molecule has 28 heavy (non-hydrogen) atoms. The molecule has 1 amide bonds. The molecule has 0 radical (unpaired) electrons. The first kappa shape index (κ1) is 18.7. The first-order valence-corrected chi connectivity index (χ1v) is 9.98. The van der Waals surface area contributed by atoms with Crippen LogP contribution in [0.25, 0.3) is 0 Å². The molecule has 0 bridgehead atoms. The lowest BCUT2D eigenvalue weighted by molar-refractivity contribution is 0.0628. The van der Waals surface area contributed by atoms with Crippen molar-refractivity contribution in [2.24, 2.45) is 0 Å². The van der Waals surface area contributed by atoms with Gasteiger partial charge in [0.25, 0.3) is 5.91 Å². The van der Waals surface area contributed by atoms with Gasteiger partial charge in [-0.1, -0.05) is 12.1 Å². The van der Waals surface area contributed by atoms with Crippen molar-refractivity contribution >= 4 is 5.91 Å². The molecule has 4 rings (SSSR count). The molecule has 8 heteroatoms. The Morgan fingerprint density at radius 3 is 2.61 bits per heavy atom. The van der Waals surface area contributed by atoms with Crippen LogP contribution in [0.4, 0.5) is 0 Å². The van der Waals surface area contributed by atoms with Crippen LogP contribution in [0.3, 0.4) is 0 Å². The molecule has 8 nitrogen and oxygen atoms in total. The van der Waals surface area contributed by atoms with E-state index < -0.39 is 0 Å². The van der Waals surface area contributed by atoms with Gasteiger partial charge in [0.15, 0.2) is 0 Å². The Morgan fingerprint density at radius 1 is 1.07 bits per heavy atom. The maximum absolute atomic E-state index is 12.8. The summed E-state index contributed by atoms with van der Waals surface area (Å²) in [6.45, 7) is 5.09. The summed E-state index contributed by atoms with van der Waals surface area (Å²) < 4.78 is 8.73. The number of carbonyl (C=O) groups excluding carboxylic acids is 1. The number of aromatic nitrogens is 3. The van der Waals surface area contributed by atoms with Crippen LogP contribution < -0.4 is 10.4 Å². The molecule has 150 valence electrons. The van der Waals surface area contributed by atoms with Crippen LogP contribution in [0.2, 0.25) is 0 Å². The van der Waals surface area contributed by atoms with Crippen molar-refractivity contribution in [2.45, 2.75) is 32.4 Å². The number of hydrogen-bond donors (Lipinski definition) is 0. The summed E-state index contributed by atoms with van der Waals surface area (Å²) in [7, 11) is 1.58. The molecular formula is C20H27N5O3. The monoisotopic (exact) mass is 385 g/mol. The van der Waals surface area contributed by atoms with Crippen molar-refractivity contribution in [2.75, 3.05) is 39.8 Å². The Kier molecular flexibility index (Phi) is 5.47. The molecule has 1 saturated heterocycles. The van der Waals surface area contributed by atoms with E-state index in [1.54, 1.807) is 17.9 Å². The molecule has 3 heterocycles. The van der Waals surface area contributed by atoms with Crippen molar-refractivity contribution in [1.82, 2.24) is 24.1 Å². The summed E-state index contributed by atoms with van der Waals surface area (Å²) in [4.78, 5) is 29.4. The van der Waals surface area contributed by atoms with Gasteiger partial charge in [-0.15, -0.1) is 0 Å². The topological polar surface area (TPSA) is 72.6 Å². The predicted octanol–water partition coefficient (Wildman–Crippen LogP) is 0.848. The van der Waals surface area contributed by atoms with Crippen molar-refractivity contribution in [3.8, 4) is 5.75 Å². The Bertz CT molecular complexity index is 895. The highest BCUT2D eigenvalue weighted by Gasteiger charge is 2.24. The van der Waals surface area contributed by atoms with Crippen molar-refractivity contribution in [3.05, 3.63) is 46.1 Å². The fraction of sp³-hybridized carbons (Fsp3) is 0.550. The Labute approximate surface area is 164 Å². The maximum atomic E-state index is 12.8. The zero-order chi connectivity index (χ0) is 19.5. The number of rotatable bonds is 5. The van der Waals surface area contributed by atoms with Crippen LogP contribution >= 0.6 is 0 Å². The Balaban J connectivity index is 1.32. The SMILES string of the molecule is COc1ccccc1C(=O)N1CCN(CCn2nc3n(c2=O)CCCC3)CC1. The lowest BCUT2D eigenvalue weighted by Crippen LogP contribution is -2.49. The zero-order valence-corrected chi connectivity index (χ0v) is 16.3. The number of piperazine rings is 1. The Hall–Kier alpha value is -2.61. The molecule has 2 aliphatic heterocycles. The van der Waals surface area contributed by atoms with Gasteiger partial charge in [0, 0.05) is 45.7 Å². The van der Waals surface area contributed by atoms with E-state index in [4.69, 9.17) is 4.74 Å². The second-order valence-corrected chi connectivity index (χ2v) is 7.36. The number of para-hydroxylation sites is 1. The van der Waals surface area contributed by atoms with Crippen LogP contribution in [0.5, 0.6) is 5.75 Å². The molecule has 0 spiro atoms. The summed E-state index contributed by atoms with van der Waals surface area (Å²) in [5, 5.41) is 4.50. The average Bonchev–Trinajstić information content (AvgIpc) is 3.08. The second kappa shape index (κ2) is 8.18. The van der Waals surface area contributed by atoms with E-state index in [0.29, 0.717) is 30.9 Å². The zero-order valence-electron chi connectivity index (χ0n) is 16.3. The minimum absolute atomic E-state index is 0.00935. The lowest BCUT2D eigenvalue weighted by atomic mass is 10.1. The van der Waals surface area contributed by atoms with Crippen LogP contribution in [0, 0.1) is 0 Å². The number of benzene rings is 1. The molecule has 1 aromatic carbocycles. The van der Waals surface area contributed by atoms with E-state index in [0.717, 1.165) is 51.3 Å². The fourth-order valence-corrected chi connectivity index (χ4v) is 4.00. The number of ether oxygens (including phenoxy) is 1. The third-order valence-electron chi connectivity index (χ3n) is 5.66. The highest BCUT2D eigenvalue weighted by atomic mass is 16.5. The largest absolute Gasteiger partial charge is 0.496 e. The van der Waals surface area contributed by atoms with E-state index in [1.165, 1.54) is 0 Å². The number of hydrogen-bond acceptors (Lipinski definition) is 5. The van der Waals surface area contributed by atoms with Crippen LogP contribution in [0.15, 0.2) is 29.1 Å². The third kappa shape index (κ3) is 3.69. The molecule has 2 aliphatic rings. The average molecular weight is 385 g/mol. The maximum Gasteiger partial charge on any atom is 0.345 e. The van der Waals surface area contributed by atoms with Gasteiger partial charge in [0.2, 0.25) is 0 Å². The van der Waals surface area contributed by atoms with Crippen molar-refractivity contribution in [1.29, 1.82) is 0 Å². The molecule has 0 atom stereocenters. The molecule has 0 unspecified atom stereocenters. The van der Waals surface area contributed by atoms with Gasteiger partial charge in [-0.3, -0.25) is 14.3 Å². The van der Waals surface area contributed by atoms with Crippen LogP contribution in [0.1, 0.15) is 29.0 Å². The van der Waals surface area contributed by atoms with E-state index in [9.17, 15) is 9.59 Å². The summed E-state index contributed by atoms with van der Waals surface area (Å²) >= 11 is 0. The van der Waals surface area contributed by atoms with Gasteiger partial charge in [-0.2, -0.15) is 5.10 Å². The van der Waals surface area contributed by atoms with Gasteiger partial charge in [0.05, 0.1) is 19.2 Å². The van der Waals surface area contributed by atoms with Crippen LogP contribution in [-0.2, 0) is 19.5 Å². The van der Waals surface area contributed by atoms with Crippen LogP contribution in [-0.4, -0.2) is 69.9 Å². The van der Waals surface area contributed by atoms with Gasteiger partial charge < -0.3 is 9.64 Å². The summed E-state index contributed by atoms with van der Waals surface area (Å²) in [5.74, 6) is 1.54. The number of nitrogens with zero attached hydrogens (tertiary/aromatic N) is 5. The number of carbonyl (C=O) groups is 1.